The molecule has 2 fully saturated rings. The van der Waals surface area contributed by atoms with Gasteiger partial charge in [-0.1, -0.05) is 48.0 Å². The van der Waals surface area contributed by atoms with Crippen molar-refractivity contribution in [2.24, 2.45) is 28.4 Å². The van der Waals surface area contributed by atoms with Crippen LogP contribution in [0.3, 0.4) is 0 Å². The van der Waals surface area contributed by atoms with E-state index in [-0.39, 0.29) is 30.2 Å². The highest BCUT2D eigenvalue weighted by Gasteiger charge is 2.70. The van der Waals surface area contributed by atoms with Crippen molar-refractivity contribution in [2.45, 2.75) is 98.1 Å². The van der Waals surface area contributed by atoms with Crippen LogP contribution >= 0.6 is 0 Å². The van der Waals surface area contributed by atoms with Gasteiger partial charge in [0, 0.05) is 6.54 Å². The molecule has 1 saturated carbocycles. The molecule has 4 N–H and O–H groups in total. The Morgan fingerprint density at radius 1 is 1.05 bits per heavy atom. The molecule has 0 aromatic heterocycles. The molecule has 0 bridgehead atoms. The van der Waals surface area contributed by atoms with E-state index in [1.165, 1.54) is 4.90 Å². The average Bonchev–Trinajstić information content (AvgIpc) is 3.07. The lowest BCUT2D eigenvalue weighted by Crippen LogP contribution is -2.61. The molecule has 1 aliphatic heterocycles. The predicted octanol–water partition coefficient (Wildman–Crippen LogP) is 2.29. The Bertz CT molecular complexity index is 989. The number of amides is 4. The van der Waals surface area contributed by atoms with Crippen molar-refractivity contribution in [3.8, 4) is 0 Å². The van der Waals surface area contributed by atoms with Gasteiger partial charge in [0.15, 0.2) is 0 Å². The molecule has 13 heteroatoms. The van der Waals surface area contributed by atoms with E-state index < -0.39 is 64.9 Å². The monoisotopic (exact) mass is 548 g/mol. The number of nitrogens with one attached hydrogen (secondary N) is 2. The number of likely N-dealkylation sites (tertiary alicyclic amines) is 1. The maximum absolute atomic E-state index is 13.7. The highest BCUT2D eigenvalue weighted by atomic mass is 19.4. The fraction of sp³-hybridized carbons (Fsp3) is 0.800. The number of hydrogen-bond acceptors (Lipinski definition) is 6. The van der Waals surface area contributed by atoms with Gasteiger partial charge >= 0.3 is 12.3 Å². The molecule has 2 rings (SSSR count). The summed E-state index contributed by atoms with van der Waals surface area (Å²) in [5.41, 5.74) is 1.08. The molecule has 5 atom stereocenters. The lowest BCUT2D eigenvalue weighted by molar-refractivity contribution is -0.244. The van der Waals surface area contributed by atoms with Gasteiger partial charge in [-0.2, -0.15) is 13.2 Å². The minimum atomic E-state index is -4.84. The van der Waals surface area contributed by atoms with Crippen molar-refractivity contribution >= 4 is 29.6 Å². The van der Waals surface area contributed by atoms with Gasteiger partial charge in [-0.3, -0.25) is 19.2 Å². The Morgan fingerprint density at radius 3 is 2.05 bits per heavy atom. The number of carbonyl (C=O) groups excluding carboxylic acids is 5. The Morgan fingerprint density at radius 2 is 1.61 bits per heavy atom. The van der Waals surface area contributed by atoms with Crippen LogP contribution < -0.4 is 16.4 Å². The normalized spacial score (nSPS) is 24.1. The molecule has 0 aromatic carbocycles. The number of alkyl halides is 3. The van der Waals surface area contributed by atoms with Crippen LogP contribution in [-0.2, 0) is 23.9 Å². The maximum Gasteiger partial charge on any atom is 0.427 e. The number of ether oxygens (including phenoxy) is 1. The molecule has 0 aromatic rings. The van der Waals surface area contributed by atoms with E-state index in [4.69, 9.17) is 5.73 Å². The number of ketones is 1. The molecular weight excluding hydrogens is 509 g/mol. The first-order valence-corrected chi connectivity index (χ1v) is 12.6. The Kier molecular flexibility index (Phi) is 8.55. The number of Topliss-reactive ketones (excluding diaryl/α,β-unsaturated/α-hetero) is 1. The zero-order chi connectivity index (χ0) is 29.6. The summed E-state index contributed by atoms with van der Waals surface area (Å²) in [6.07, 6.45) is -5.63. The summed E-state index contributed by atoms with van der Waals surface area (Å²) < 4.78 is 44.3. The summed E-state index contributed by atoms with van der Waals surface area (Å²) in [6, 6.07) is -3.50. The van der Waals surface area contributed by atoms with Crippen molar-refractivity contribution in [1.29, 1.82) is 0 Å². The van der Waals surface area contributed by atoms with E-state index in [1.807, 2.05) is 13.8 Å². The lowest BCUT2D eigenvalue weighted by Gasteiger charge is -2.38. The first kappa shape index (κ1) is 31.4. The largest absolute Gasteiger partial charge is 0.434 e. The SMILES string of the molecule is CCCC(NC(=O)C1C2C(CN1C(=O)C(NC(=O)OC(C)(C)C(F)(F)F)C(C)(C)C)C2(C)C)C(=O)C(N)=O. The zero-order valence-corrected chi connectivity index (χ0v) is 23.1. The fourth-order valence-electron chi connectivity index (χ4n) is 5.05. The molecule has 38 heavy (non-hydrogen) atoms. The van der Waals surface area contributed by atoms with Crippen LogP contribution in [0.4, 0.5) is 18.0 Å². The average molecular weight is 549 g/mol. The van der Waals surface area contributed by atoms with Gasteiger partial charge in [-0.25, -0.2) is 4.79 Å². The van der Waals surface area contributed by atoms with Gasteiger partial charge in [0.1, 0.15) is 12.1 Å². The van der Waals surface area contributed by atoms with E-state index >= 15 is 0 Å². The molecule has 1 saturated heterocycles. The predicted molar refractivity (Wildman–Crippen MR) is 130 cm³/mol. The van der Waals surface area contributed by atoms with E-state index in [2.05, 4.69) is 15.4 Å². The number of rotatable bonds is 9. The van der Waals surface area contributed by atoms with E-state index in [0.717, 1.165) is 0 Å². The van der Waals surface area contributed by atoms with Gasteiger partial charge in [0.2, 0.25) is 23.2 Å². The van der Waals surface area contributed by atoms with Crippen LogP contribution in [0.2, 0.25) is 0 Å². The van der Waals surface area contributed by atoms with E-state index in [9.17, 15) is 37.1 Å². The van der Waals surface area contributed by atoms with Gasteiger partial charge in [0.05, 0.1) is 6.04 Å². The summed E-state index contributed by atoms with van der Waals surface area (Å²) in [6.45, 7) is 12.0. The molecule has 216 valence electrons. The zero-order valence-electron chi connectivity index (χ0n) is 23.1. The third-order valence-corrected chi connectivity index (χ3v) is 7.62. The molecule has 0 radical (unpaired) electrons. The van der Waals surface area contributed by atoms with Crippen LogP contribution in [-0.4, -0.2) is 70.9 Å². The minimum absolute atomic E-state index is 0.0459. The Labute approximate surface area is 220 Å². The van der Waals surface area contributed by atoms with Crippen molar-refractivity contribution in [1.82, 2.24) is 15.5 Å². The third kappa shape index (κ3) is 6.23. The van der Waals surface area contributed by atoms with Gasteiger partial charge in [-0.05, 0) is 42.9 Å². The van der Waals surface area contributed by atoms with Crippen LogP contribution in [0.5, 0.6) is 0 Å². The van der Waals surface area contributed by atoms with Crippen LogP contribution in [0.25, 0.3) is 0 Å². The molecule has 2 aliphatic rings. The second-order valence-corrected chi connectivity index (χ2v) is 12.3. The lowest BCUT2D eigenvalue weighted by atomic mass is 9.85. The number of alkyl carbamates (subject to hydrolysis) is 1. The van der Waals surface area contributed by atoms with Gasteiger partial charge in [0.25, 0.3) is 5.91 Å². The number of primary amides is 1. The molecular formula is C25H39F3N4O6. The number of carbonyl (C=O) groups is 5. The highest BCUT2D eigenvalue weighted by molar-refractivity contribution is 6.37. The molecule has 10 nitrogen and oxygen atoms in total. The standard InChI is InChI=1S/C25H39F3N4O6/c1-9-10-13(16(33)18(29)34)30-19(35)15-14-12(23(14,5)6)11-32(15)20(36)17(22(2,3)4)31-21(37)38-24(7,8)25(26,27)28/h12-15,17H,9-11H2,1-8H3,(H2,29,34)(H,30,35)(H,31,37). The third-order valence-electron chi connectivity index (χ3n) is 7.62. The minimum Gasteiger partial charge on any atom is -0.434 e. The van der Waals surface area contributed by atoms with E-state index in [0.29, 0.717) is 20.3 Å². The second kappa shape index (κ2) is 10.4. The topological polar surface area (TPSA) is 148 Å². The quantitative estimate of drug-likeness (QED) is 0.377. The Hall–Kier alpha value is -2.86. The highest BCUT2D eigenvalue weighted by Crippen LogP contribution is 2.65. The maximum atomic E-state index is 13.7. The number of hydrogen-bond donors (Lipinski definition) is 3. The van der Waals surface area contributed by atoms with Crippen LogP contribution in [0, 0.1) is 22.7 Å². The number of nitrogens with zero attached hydrogens (tertiary/aromatic N) is 1. The van der Waals surface area contributed by atoms with Crippen molar-refractivity contribution < 1.29 is 41.9 Å². The van der Waals surface area contributed by atoms with Crippen molar-refractivity contribution in [2.75, 3.05) is 6.54 Å². The van der Waals surface area contributed by atoms with Gasteiger partial charge < -0.3 is 26.0 Å². The van der Waals surface area contributed by atoms with E-state index in [1.54, 1.807) is 27.7 Å². The van der Waals surface area contributed by atoms with Crippen molar-refractivity contribution in [3.63, 3.8) is 0 Å². The van der Waals surface area contributed by atoms with Gasteiger partial charge in [-0.15, -0.1) is 0 Å². The van der Waals surface area contributed by atoms with Crippen molar-refractivity contribution in [3.05, 3.63) is 0 Å². The molecule has 1 aliphatic carbocycles. The number of piperidine rings is 1. The molecule has 0 spiro atoms. The smallest absolute Gasteiger partial charge is 0.427 e. The Balaban J connectivity index is 2.32. The summed E-state index contributed by atoms with van der Waals surface area (Å²) in [7, 11) is 0. The number of halogens is 3. The van der Waals surface area contributed by atoms with Crippen LogP contribution in [0.15, 0.2) is 0 Å². The molecule has 4 amide bonds. The summed E-state index contributed by atoms with van der Waals surface area (Å²) in [5.74, 6) is -3.75. The number of nitrogens with two attached hydrogens (primary N) is 1. The number of fused-ring (bicyclic) bond motifs is 1. The summed E-state index contributed by atoms with van der Waals surface area (Å²) in [4.78, 5) is 64.7. The summed E-state index contributed by atoms with van der Waals surface area (Å²) in [5, 5.41) is 4.83. The first-order valence-electron chi connectivity index (χ1n) is 12.6. The van der Waals surface area contributed by atoms with Crippen LogP contribution in [0.1, 0.15) is 68.2 Å². The first-order chi connectivity index (χ1) is 17.1. The molecule has 5 unspecified atom stereocenters. The molecule has 1 heterocycles. The summed E-state index contributed by atoms with van der Waals surface area (Å²) >= 11 is 0. The second-order valence-electron chi connectivity index (χ2n) is 12.3. The fourth-order valence-corrected chi connectivity index (χ4v) is 5.05.